The third kappa shape index (κ3) is 6.90. The van der Waals surface area contributed by atoms with Gasteiger partial charge in [-0.15, -0.1) is 0 Å². The van der Waals surface area contributed by atoms with Crippen LogP contribution in [0.3, 0.4) is 0 Å². The second-order valence-corrected chi connectivity index (χ2v) is 19.4. The average molecular weight is 714 g/mol. The number of aliphatic carboxylic acids is 1. The number of nitrogens with one attached hydrogen (secondary N) is 3. The third-order valence-corrected chi connectivity index (χ3v) is 15.6. The van der Waals surface area contributed by atoms with Crippen LogP contribution in [0, 0.1) is 50.2 Å². The van der Waals surface area contributed by atoms with Crippen LogP contribution in [0.2, 0.25) is 0 Å². The standard InChI is InChI=1S/C41H67N3O7/c1-25(34(50)43-24-32(47)48)44-31(46)12-10-9-11-21-42-35(51)41-19-17-36(2,3)22-27(41)26-13-14-30-38(6)23-28(45)33(49)37(4,5)29(38)15-16-40(30,8)39(26,7)18-20-41/h13,25,27-30,33,45,49H,9-12,14-24H2,1-8H3,(H,42,51)(H,43,50)(H,44,46)(H,47,48)/t25-,27-,28+,29-,30+,33-,38-,39+,40+,41-/m0/s1. The highest BCUT2D eigenvalue weighted by Crippen LogP contribution is 2.75. The normalized spacial score (nSPS) is 39.8. The minimum absolute atomic E-state index is 0.0358. The van der Waals surface area contributed by atoms with Gasteiger partial charge in [0.25, 0.3) is 0 Å². The van der Waals surface area contributed by atoms with Crippen molar-refractivity contribution in [3.63, 3.8) is 0 Å². The zero-order valence-electron chi connectivity index (χ0n) is 32.6. The van der Waals surface area contributed by atoms with Crippen LogP contribution in [-0.4, -0.2) is 70.3 Å². The second kappa shape index (κ2) is 14.1. The molecule has 0 unspecified atom stereocenters. The Bertz CT molecular complexity index is 1410. The number of carbonyl (C=O) groups is 4. The number of amides is 3. The maximum absolute atomic E-state index is 14.4. The van der Waals surface area contributed by atoms with Gasteiger partial charge in [-0.3, -0.25) is 19.2 Å². The highest BCUT2D eigenvalue weighted by molar-refractivity contribution is 5.89. The van der Waals surface area contributed by atoms with Crippen molar-refractivity contribution < 1.29 is 34.5 Å². The van der Waals surface area contributed by atoms with Gasteiger partial charge >= 0.3 is 5.97 Å². The van der Waals surface area contributed by atoms with E-state index in [1.807, 2.05) is 0 Å². The molecule has 6 N–H and O–H groups in total. The number of fused-ring (bicyclic) bond motifs is 7. The molecular weight excluding hydrogens is 646 g/mol. The van der Waals surface area contributed by atoms with Crippen molar-refractivity contribution in [2.24, 2.45) is 50.2 Å². The highest BCUT2D eigenvalue weighted by Gasteiger charge is 2.70. The molecule has 0 saturated heterocycles. The van der Waals surface area contributed by atoms with Gasteiger partial charge in [-0.1, -0.05) is 66.5 Å². The summed E-state index contributed by atoms with van der Waals surface area (Å²) in [7, 11) is 0. The van der Waals surface area contributed by atoms with E-state index >= 15 is 0 Å². The predicted molar refractivity (Wildman–Crippen MR) is 196 cm³/mol. The van der Waals surface area contributed by atoms with E-state index in [0.717, 1.165) is 64.2 Å². The molecule has 10 heteroatoms. The summed E-state index contributed by atoms with van der Waals surface area (Å²) >= 11 is 0. The lowest BCUT2D eigenvalue weighted by Crippen LogP contribution is -2.67. The number of carboxylic acids is 1. The average Bonchev–Trinajstić information content (AvgIpc) is 3.04. The van der Waals surface area contributed by atoms with E-state index < -0.39 is 42.1 Å². The molecule has 3 amide bonds. The van der Waals surface area contributed by atoms with Crippen LogP contribution in [-0.2, 0) is 19.2 Å². The Morgan fingerprint density at radius 2 is 1.55 bits per heavy atom. The number of allylic oxidation sites excluding steroid dienone is 2. The maximum Gasteiger partial charge on any atom is 0.322 e. The lowest BCUT2D eigenvalue weighted by atomic mass is 9.33. The van der Waals surface area contributed by atoms with Crippen LogP contribution in [0.5, 0.6) is 0 Å². The predicted octanol–water partition coefficient (Wildman–Crippen LogP) is 5.50. The number of aliphatic hydroxyl groups excluding tert-OH is 2. The molecule has 288 valence electrons. The fourth-order valence-electron chi connectivity index (χ4n) is 12.4. The minimum Gasteiger partial charge on any atom is -0.480 e. The van der Waals surface area contributed by atoms with E-state index in [0.29, 0.717) is 31.2 Å². The summed E-state index contributed by atoms with van der Waals surface area (Å²) in [4.78, 5) is 49.3. The smallest absolute Gasteiger partial charge is 0.322 e. The monoisotopic (exact) mass is 713 g/mol. The van der Waals surface area contributed by atoms with Gasteiger partial charge in [0.1, 0.15) is 12.6 Å². The van der Waals surface area contributed by atoms with Crippen LogP contribution >= 0.6 is 0 Å². The fraction of sp³-hybridized carbons (Fsp3) is 0.854. The summed E-state index contributed by atoms with van der Waals surface area (Å²) in [5.41, 5.74) is 0.813. The summed E-state index contributed by atoms with van der Waals surface area (Å²) in [6, 6.07) is -0.812. The van der Waals surface area contributed by atoms with Gasteiger partial charge in [0, 0.05) is 13.0 Å². The maximum atomic E-state index is 14.4. The molecule has 0 aromatic heterocycles. The largest absolute Gasteiger partial charge is 0.480 e. The topological polar surface area (TPSA) is 165 Å². The summed E-state index contributed by atoms with van der Waals surface area (Å²) < 4.78 is 0. The molecule has 0 aromatic rings. The van der Waals surface area contributed by atoms with Crippen molar-refractivity contribution in [3.05, 3.63) is 11.6 Å². The molecule has 5 rings (SSSR count). The summed E-state index contributed by atoms with van der Waals surface area (Å²) in [5.74, 6) is -0.816. The molecule has 10 nitrogen and oxygen atoms in total. The van der Waals surface area contributed by atoms with E-state index in [1.165, 1.54) is 12.5 Å². The Morgan fingerprint density at radius 1 is 0.863 bits per heavy atom. The molecule has 0 heterocycles. The quantitative estimate of drug-likeness (QED) is 0.122. The molecule has 0 bridgehead atoms. The van der Waals surface area contributed by atoms with Gasteiger partial charge in [0.2, 0.25) is 17.7 Å². The Hall–Kier alpha value is -2.46. The molecule has 0 aliphatic heterocycles. The molecular formula is C41H67N3O7. The molecule has 4 fully saturated rings. The van der Waals surface area contributed by atoms with E-state index in [4.69, 9.17) is 5.11 Å². The van der Waals surface area contributed by atoms with Crippen molar-refractivity contribution in [2.45, 2.75) is 157 Å². The SMILES string of the molecule is C[C@H](NC(=O)CCCCCNC(=O)[C@]12CCC(C)(C)C[C@H]1C1=CC[C@@H]3[C@@]4(C)C[C@@H](O)[C@H](O)C(C)(C)[C@@H]4CC[C@@]3(C)[C@]1(C)CC2)C(=O)NCC(=O)O. The van der Waals surface area contributed by atoms with Crippen LogP contribution in [0.25, 0.3) is 0 Å². The molecule has 4 saturated carbocycles. The highest BCUT2D eigenvalue weighted by atomic mass is 16.4. The number of hydrogen-bond donors (Lipinski definition) is 6. The Balaban J connectivity index is 1.24. The second-order valence-electron chi connectivity index (χ2n) is 19.4. The van der Waals surface area contributed by atoms with Gasteiger partial charge in [-0.2, -0.15) is 0 Å². The van der Waals surface area contributed by atoms with Gasteiger partial charge in [-0.25, -0.2) is 0 Å². The number of hydrogen-bond acceptors (Lipinski definition) is 6. The van der Waals surface area contributed by atoms with Crippen LogP contribution in [0.1, 0.15) is 139 Å². The van der Waals surface area contributed by atoms with Crippen molar-refractivity contribution in [1.29, 1.82) is 0 Å². The number of carbonyl (C=O) groups excluding carboxylic acids is 3. The first-order chi connectivity index (χ1) is 23.6. The van der Waals surface area contributed by atoms with Crippen LogP contribution < -0.4 is 16.0 Å². The summed E-state index contributed by atoms with van der Waals surface area (Å²) in [5, 5.41) is 39.2. The summed E-state index contributed by atoms with van der Waals surface area (Å²) in [6.45, 7) is 18.0. The first-order valence-electron chi connectivity index (χ1n) is 19.8. The summed E-state index contributed by atoms with van der Waals surface area (Å²) in [6.07, 6.45) is 12.1. The van der Waals surface area contributed by atoms with Crippen molar-refractivity contribution in [1.82, 2.24) is 16.0 Å². The minimum atomic E-state index is -1.14. The number of rotatable bonds is 11. The van der Waals surface area contributed by atoms with Gasteiger partial charge in [-0.05, 0) is 122 Å². The lowest BCUT2D eigenvalue weighted by Gasteiger charge is -2.71. The van der Waals surface area contributed by atoms with Gasteiger partial charge < -0.3 is 31.3 Å². The first kappa shape index (κ1) is 39.7. The molecule has 0 radical (unpaired) electrons. The van der Waals surface area contributed by atoms with E-state index in [1.54, 1.807) is 0 Å². The molecule has 0 spiro atoms. The number of carboxylic acid groups (broad SMARTS) is 1. The number of unbranched alkanes of at least 4 members (excludes halogenated alkanes) is 2. The zero-order valence-corrected chi connectivity index (χ0v) is 32.6. The van der Waals surface area contributed by atoms with Gasteiger partial charge in [0.05, 0.1) is 17.6 Å². The third-order valence-electron chi connectivity index (χ3n) is 15.6. The van der Waals surface area contributed by atoms with E-state index in [-0.39, 0.29) is 51.2 Å². The van der Waals surface area contributed by atoms with E-state index in [2.05, 4.69) is 70.5 Å². The Kier molecular flexibility index (Phi) is 11.0. The molecule has 5 aliphatic rings. The van der Waals surface area contributed by atoms with Gasteiger partial charge in [0.15, 0.2) is 0 Å². The molecule has 10 atom stereocenters. The zero-order chi connectivity index (χ0) is 37.8. The van der Waals surface area contributed by atoms with E-state index in [9.17, 15) is 29.4 Å². The lowest BCUT2D eigenvalue weighted by molar-refractivity contribution is -0.231. The molecule has 5 aliphatic carbocycles. The molecule has 0 aromatic carbocycles. The Morgan fingerprint density at radius 3 is 2.24 bits per heavy atom. The Labute approximate surface area is 305 Å². The first-order valence-corrected chi connectivity index (χ1v) is 19.8. The van der Waals surface area contributed by atoms with Crippen LogP contribution in [0.4, 0.5) is 0 Å². The van der Waals surface area contributed by atoms with Crippen molar-refractivity contribution in [2.75, 3.05) is 13.1 Å². The molecule has 51 heavy (non-hydrogen) atoms. The van der Waals surface area contributed by atoms with Crippen molar-refractivity contribution >= 4 is 23.7 Å². The van der Waals surface area contributed by atoms with Crippen LogP contribution in [0.15, 0.2) is 11.6 Å². The number of aliphatic hydroxyl groups is 2. The van der Waals surface area contributed by atoms with Crippen molar-refractivity contribution in [3.8, 4) is 0 Å². The fourth-order valence-corrected chi connectivity index (χ4v) is 12.4.